The van der Waals surface area contributed by atoms with Crippen molar-refractivity contribution in [3.05, 3.63) is 59.1 Å². The molecular formula is C13H11ClFN3S. The van der Waals surface area contributed by atoms with E-state index in [1.165, 1.54) is 12.1 Å². The minimum atomic E-state index is -0.457. The van der Waals surface area contributed by atoms with Gasteiger partial charge in [-0.25, -0.2) is 4.39 Å². The second-order valence-corrected chi connectivity index (χ2v) is 4.61. The summed E-state index contributed by atoms with van der Waals surface area (Å²) in [6, 6.07) is 8.13. The van der Waals surface area contributed by atoms with Crippen molar-refractivity contribution in [1.29, 1.82) is 0 Å². The largest absolute Gasteiger partial charge is 0.358 e. The topological polar surface area (TPSA) is 37.0 Å². The molecule has 0 spiro atoms. The molecule has 0 unspecified atom stereocenters. The fourth-order valence-corrected chi connectivity index (χ4v) is 1.80. The maximum Gasteiger partial charge on any atom is 0.171 e. The summed E-state index contributed by atoms with van der Waals surface area (Å²) in [7, 11) is 0. The molecule has 0 radical (unpaired) electrons. The van der Waals surface area contributed by atoms with Crippen molar-refractivity contribution in [2.24, 2.45) is 0 Å². The zero-order valence-corrected chi connectivity index (χ0v) is 11.4. The summed E-state index contributed by atoms with van der Waals surface area (Å²) in [5.74, 6) is -0.457. The second kappa shape index (κ2) is 6.45. The predicted molar refractivity (Wildman–Crippen MR) is 78.7 cm³/mol. The molecule has 2 aromatic rings. The van der Waals surface area contributed by atoms with Gasteiger partial charge in [-0.1, -0.05) is 17.7 Å². The minimum Gasteiger partial charge on any atom is -0.358 e. The van der Waals surface area contributed by atoms with Crippen molar-refractivity contribution in [3.8, 4) is 0 Å². The van der Waals surface area contributed by atoms with Crippen LogP contribution in [-0.4, -0.2) is 10.1 Å². The number of hydrogen-bond donors (Lipinski definition) is 2. The summed E-state index contributed by atoms with van der Waals surface area (Å²) in [6.07, 6.45) is 3.46. The summed E-state index contributed by atoms with van der Waals surface area (Å²) in [5, 5.41) is 6.45. The van der Waals surface area contributed by atoms with Gasteiger partial charge in [0.2, 0.25) is 0 Å². The van der Waals surface area contributed by atoms with Gasteiger partial charge in [-0.3, -0.25) is 4.98 Å². The van der Waals surface area contributed by atoms with Gasteiger partial charge in [0.15, 0.2) is 5.11 Å². The average Bonchev–Trinajstić information content (AvgIpc) is 2.42. The van der Waals surface area contributed by atoms with Gasteiger partial charge in [-0.15, -0.1) is 0 Å². The number of thiocarbonyl (C=S) groups is 1. The first-order valence-corrected chi connectivity index (χ1v) is 6.32. The SMILES string of the molecule is Fc1ccc(NC(=S)NCc2cccnc2)cc1Cl. The molecule has 3 nitrogen and oxygen atoms in total. The lowest BCUT2D eigenvalue weighted by Gasteiger charge is -2.10. The van der Waals surface area contributed by atoms with Crippen molar-refractivity contribution in [2.45, 2.75) is 6.54 Å². The second-order valence-electron chi connectivity index (χ2n) is 3.80. The van der Waals surface area contributed by atoms with Crippen LogP contribution in [0.1, 0.15) is 5.56 Å². The Hall–Kier alpha value is -1.72. The summed E-state index contributed by atoms with van der Waals surface area (Å²) in [5.41, 5.74) is 1.65. The van der Waals surface area contributed by atoms with E-state index >= 15 is 0 Å². The van der Waals surface area contributed by atoms with E-state index < -0.39 is 5.82 Å². The van der Waals surface area contributed by atoms with Crippen LogP contribution < -0.4 is 10.6 Å². The normalized spacial score (nSPS) is 10.0. The van der Waals surface area contributed by atoms with Crippen LogP contribution in [0.4, 0.5) is 10.1 Å². The molecule has 1 aromatic heterocycles. The van der Waals surface area contributed by atoms with Crippen molar-refractivity contribution in [1.82, 2.24) is 10.3 Å². The summed E-state index contributed by atoms with van der Waals surface area (Å²) >= 11 is 10.8. The number of hydrogen-bond acceptors (Lipinski definition) is 2. The standard InChI is InChI=1S/C13H11ClFN3S/c14-11-6-10(3-4-12(11)15)18-13(19)17-8-9-2-1-5-16-7-9/h1-7H,8H2,(H2,17,18,19). The minimum absolute atomic E-state index is 0.0556. The van der Waals surface area contributed by atoms with Crippen molar-refractivity contribution in [3.63, 3.8) is 0 Å². The molecule has 0 aliphatic rings. The van der Waals surface area contributed by atoms with Gasteiger partial charge >= 0.3 is 0 Å². The summed E-state index contributed by atoms with van der Waals surface area (Å²) in [4.78, 5) is 4.01. The first-order valence-electron chi connectivity index (χ1n) is 5.54. The number of halogens is 2. The lowest BCUT2D eigenvalue weighted by Crippen LogP contribution is -2.27. The Balaban J connectivity index is 1.89. The molecule has 0 aliphatic heterocycles. The molecule has 1 aromatic carbocycles. The number of aromatic nitrogens is 1. The van der Waals surface area contributed by atoms with Crippen LogP contribution in [0, 0.1) is 5.82 Å². The lowest BCUT2D eigenvalue weighted by atomic mass is 10.3. The van der Waals surface area contributed by atoms with E-state index in [1.54, 1.807) is 18.5 Å². The lowest BCUT2D eigenvalue weighted by molar-refractivity contribution is 0.628. The monoisotopic (exact) mass is 295 g/mol. The highest BCUT2D eigenvalue weighted by molar-refractivity contribution is 7.80. The Kier molecular flexibility index (Phi) is 4.65. The van der Waals surface area contributed by atoms with Crippen LogP contribution in [0.2, 0.25) is 5.02 Å². The quantitative estimate of drug-likeness (QED) is 0.852. The number of rotatable bonds is 3. The van der Waals surface area contributed by atoms with E-state index in [1.807, 2.05) is 12.1 Å². The molecule has 2 N–H and O–H groups in total. The van der Waals surface area contributed by atoms with Crippen LogP contribution >= 0.6 is 23.8 Å². The molecule has 0 atom stereocenters. The number of anilines is 1. The Morgan fingerprint density at radius 2 is 2.21 bits per heavy atom. The van der Waals surface area contributed by atoms with Gasteiger partial charge < -0.3 is 10.6 Å². The predicted octanol–water partition coefficient (Wildman–Crippen LogP) is 3.36. The maximum absolute atomic E-state index is 13.0. The highest BCUT2D eigenvalue weighted by atomic mass is 35.5. The highest BCUT2D eigenvalue weighted by Gasteiger charge is 2.02. The zero-order chi connectivity index (χ0) is 13.7. The van der Waals surface area contributed by atoms with Crippen LogP contribution in [0.25, 0.3) is 0 Å². The first kappa shape index (κ1) is 13.7. The molecule has 0 saturated heterocycles. The van der Waals surface area contributed by atoms with Gasteiger partial charge in [0.05, 0.1) is 5.02 Å². The molecular weight excluding hydrogens is 285 g/mol. The van der Waals surface area contributed by atoms with Crippen LogP contribution in [0.3, 0.4) is 0 Å². The van der Waals surface area contributed by atoms with Gasteiger partial charge in [-0.2, -0.15) is 0 Å². The molecule has 0 saturated carbocycles. The van der Waals surface area contributed by atoms with E-state index in [2.05, 4.69) is 15.6 Å². The molecule has 0 fully saturated rings. The fraction of sp³-hybridized carbons (Fsp3) is 0.0769. The number of pyridine rings is 1. The molecule has 19 heavy (non-hydrogen) atoms. The third-order valence-electron chi connectivity index (χ3n) is 2.35. The molecule has 0 aliphatic carbocycles. The zero-order valence-electron chi connectivity index (χ0n) is 9.86. The number of benzene rings is 1. The van der Waals surface area contributed by atoms with Crippen molar-refractivity contribution < 1.29 is 4.39 Å². The fourth-order valence-electron chi connectivity index (χ4n) is 1.43. The number of nitrogens with one attached hydrogen (secondary N) is 2. The molecule has 98 valence electrons. The number of nitrogens with zero attached hydrogens (tertiary/aromatic N) is 1. The molecule has 2 rings (SSSR count). The smallest absolute Gasteiger partial charge is 0.171 e. The van der Waals surface area contributed by atoms with Crippen LogP contribution in [-0.2, 0) is 6.54 Å². The summed E-state index contributed by atoms with van der Waals surface area (Å²) in [6.45, 7) is 0.564. The maximum atomic E-state index is 13.0. The Morgan fingerprint density at radius 1 is 1.37 bits per heavy atom. The van der Waals surface area contributed by atoms with Crippen LogP contribution in [0.5, 0.6) is 0 Å². The Morgan fingerprint density at radius 3 is 2.89 bits per heavy atom. The molecule has 0 bridgehead atoms. The van der Waals surface area contributed by atoms with E-state index in [4.69, 9.17) is 23.8 Å². The third-order valence-corrected chi connectivity index (χ3v) is 2.89. The van der Waals surface area contributed by atoms with Crippen molar-refractivity contribution in [2.75, 3.05) is 5.32 Å². The summed E-state index contributed by atoms with van der Waals surface area (Å²) < 4.78 is 13.0. The molecule has 0 amide bonds. The Labute approximate surface area is 120 Å². The van der Waals surface area contributed by atoms with E-state index in [9.17, 15) is 4.39 Å². The third kappa shape index (κ3) is 4.15. The molecule has 1 heterocycles. The van der Waals surface area contributed by atoms with Gasteiger partial charge in [-0.05, 0) is 42.0 Å². The Bertz CT molecular complexity index is 577. The van der Waals surface area contributed by atoms with E-state index in [-0.39, 0.29) is 5.02 Å². The average molecular weight is 296 g/mol. The van der Waals surface area contributed by atoms with Gasteiger partial charge in [0.1, 0.15) is 5.82 Å². The van der Waals surface area contributed by atoms with Crippen molar-refractivity contribution >= 4 is 34.6 Å². The highest BCUT2D eigenvalue weighted by Crippen LogP contribution is 2.19. The van der Waals surface area contributed by atoms with E-state index in [0.29, 0.717) is 17.3 Å². The first-order chi connectivity index (χ1) is 9.15. The van der Waals surface area contributed by atoms with Crippen LogP contribution in [0.15, 0.2) is 42.7 Å². The van der Waals surface area contributed by atoms with Gasteiger partial charge in [0, 0.05) is 24.6 Å². The van der Waals surface area contributed by atoms with E-state index in [0.717, 1.165) is 5.56 Å². The molecule has 6 heteroatoms. The van der Waals surface area contributed by atoms with Gasteiger partial charge in [0.25, 0.3) is 0 Å².